The van der Waals surface area contributed by atoms with Gasteiger partial charge in [0.2, 0.25) is 25.8 Å². The summed E-state index contributed by atoms with van der Waals surface area (Å²) in [4.78, 5) is 9.81. The number of carbonyl (C=O) groups is 1. The molecule has 0 radical (unpaired) electrons. The SMILES string of the molecule is CCC(=O)NC1CCN(S(=O)(=O)c2ccccc2S(=O)(=O)C(F)F)C1. The molecular formula is C14H18F2N2O5S2. The number of amides is 1. The zero-order chi connectivity index (χ0) is 18.8. The predicted octanol–water partition coefficient (Wildman–Crippen LogP) is 0.972. The van der Waals surface area contributed by atoms with Crippen molar-refractivity contribution in [2.24, 2.45) is 0 Å². The van der Waals surface area contributed by atoms with Crippen LogP contribution in [0.2, 0.25) is 0 Å². The lowest BCUT2D eigenvalue weighted by molar-refractivity contribution is -0.121. The summed E-state index contributed by atoms with van der Waals surface area (Å²) in [5, 5.41) is 2.66. The molecule has 1 saturated heterocycles. The molecule has 11 heteroatoms. The molecule has 0 saturated carbocycles. The second-order valence-electron chi connectivity index (χ2n) is 5.52. The summed E-state index contributed by atoms with van der Waals surface area (Å²) in [5.74, 6) is -3.95. The van der Waals surface area contributed by atoms with Gasteiger partial charge < -0.3 is 5.32 Å². The summed E-state index contributed by atoms with van der Waals surface area (Å²) >= 11 is 0. The van der Waals surface area contributed by atoms with Crippen molar-refractivity contribution in [3.05, 3.63) is 24.3 Å². The van der Waals surface area contributed by atoms with E-state index in [2.05, 4.69) is 5.32 Å². The summed E-state index contributed by atoms with van der Waals surface area (Å²) in [5.41, 5.74) is 0. The molecule has 1 N–H and O–H groups in total. The van der Waals surface area contributed by atoms with Crippen LogP contribution in [0.1, 0.15) is 19.8 Å². The van der Waals surface area contributed by atoms with Crippen molar-refractivity contribution >= 4 is 25.8 Å². The van der Waals surface area contributed by atoms with Gasteiger partial charge in [-0.15, -0.1) is 0 Å². The highest BCUT2D eigenvalue weighted by atomic mass is 32.2. The normalized spacial score (nSPS) is 19.3. The molecule has 1 atom stereocenters. The van der Waals surface area contributed by atoms with Crippen molar-refractivity contribution in [1.82, 2.24) is 9.62 Å². The number of rotatable bonds is 6. The molecule has 140 valence electrons. The van der Waals surface area contributed by atoms with E-state index in [1.54, 1.807) is 6.92 Å². The lowest BCUT2D eigenvalue weighted by Gasteiger charge is -2.19. The van der Waals surface area contributed by atoms with Crippen molar-refractivity contribution in [3.8, 4) is 0 Å². The fraction of sp³-hybridized carbons (Fsp3) is 0.500. The number of carbonyl (C=O) groups excluding carboxylic acids is 1. The molecule has 1 aromatic rings. The Hall–Kier alpha value is -1.59. The zero-order valence-corrected chi connectivity index (χ0v) is 15.0. The number of hydrogen-bond acceptors (Lipinski definition) is 5. The summed E-state index contributed by atoms with van der Waals surface area (Å²) < 4.78 is 75.7. The Morgan fingerprint density at radius 1 is 1.24 bits per heavy atom. The number of benzene rings is 1. The smallest absolute Gasteiger partial charge is 0.341 e. The first-order valence-electron chi connectivity index (χ1n) is 7.51. The maximum absolute atomic E-state index is 12.8. The van der Waals surface area contributed by atoms with E-state index < -0.39 is 41.5 Å². The van der Waals surface area contributed by atoms with Crippen LogP contribution < -0.4 is 5.32 Å². The first-order chi connectivity index (χ1) is 11.6. The number of hydrogen-bond donors (Lipinski definition) is 1. The highest BCUT2D eigenvalue weighted by molar-refractivity contribution is 7.93. The van der Waals surface area contributed by atoms with E-state index in [1.807, 2.05) is 0 Å². The second kappa shape index (κ2) is 7.34. The molecule has 1 aromatic carbocycles. The molecular weight excluding hydrogens is 378 g/mol. The Morgan fingerprint density at radius 3 is 2.40 bits per heavy atom. The highest BCUT2D eigenvalue weighted by Gasteiger charge is 2.38. The average molecular weight is 396 g/mol. The molecule has 1 fully saturated rings. The van der Waals surface area contributed by atoms with Gasteiger partial charge >= 0.3 is 5.76 Å². The van der Waals surface area contributed by atoms with Gasteiger partial charge in [-0.1, -0.05) is 19.1 Å². The van der Waals surface area contributed by atoms with Crippen molar-refractivity contribution in [3.63, 3.8) is 0 Å². The van der Waals surface area contributed by atoms with Gasteiger partial charge in [-0.2, -0.15) is 13.1 Å². The van der Waals surface area contributed by atoms with E-state index in [9.17, 15) is 30.4 Å². The van der Waals surface area contributed by atoms with Crippen molar-refractivity contribution in [2.75, 3.05) is 13.1 Å². The van der Waals surface area contributed by atoms with Crippen molar-refractivity contribution in [2.45, 2.75) is 41.4 Å². The highest BCUT2D eigenvalue weighted by Crippen LogP contribution is 2.29. The molecule has 1 unspecified atom stereocenters. The summed E-state index contributed by atoms with van der Waals surface area (Å²) in [7, 11) is -9.36. The van der Waals surface area contributed by atoms with Gasteiger partial charge in [-0.3, -0.25) is 4.79 Å². The largest absolute Gasteiger partial charge is 0.352 e. The van der Waals surface area contributed by atoms with E-state index in [-0.39, 0.29) is 25.4 Å². The van der Waals surface area contributed by atoms with Crippen LogP contribution in [-0.4, -0.2) is 51.9 Å². The van der Waals surface area contributed by atoms with Gasteiger partial charge in [0.15, 0.2) is 0 Å². The van der Waals surface area contributed by atoms with E-state index in [1.165, 1.54) is 12.1 Å². The van der Waals surface area contributed by atoms with E-state index >= 15 is 0 Å². The maximum atomic E-state index is 12.8. The minimum atomic E-state index is -5.07. The Kier molecular flexibility index (Phi) is 5.79. The van der Waals surface area contributed by atoms with Crippen LogP contribution in [0, 0.1) is 0 Å². The molecule has 1 aliphatic rings. The molecule has 1 aliphatic heterocycles. The minimum Gasteiger partial charge on any atom is -0.352 e. The van der Waals surface area contributed by atoms with Crippen LogP contribution in [0.25, 0.3) is 0 Å². The number of halogens is 2. The number of nitrogens with zero attached hydrogens (tertiary/aromatic N) is 1. The maximum Gasteiger partial charge on any atom is 0.341 e. The molecule has 0 aromatic heterocycles. The molecule has 2 rings (SSSR count). The van der Waals surface area contributed by atoms with Crippen LogP contribution in [0.15, 0.2) is 34.1 Å². The second-order valence-corrected chi connectivity index (χ2v) is 9.31. The number of sulfone groups is 1. The average Bonchev–Trinajstić information content (AvgIpc) is 3.03. The topological polar surface area (TPSA) is 101 Å². The predicted molar refractivity (Wildman–Crippen MR) is 85.2 cm³/mol. The van der Waals surface area contributed by atoms with E-state index in [0.29, 0.717) is 6.42 Å². The minimum absolute atomic E-state index is 0.0445. The van der Waals surface area contributed by atoms with Gasteiger partial charge in [0, 0.05) is 25.6 Å². The van der Waals surface area contributed by atoms with Gasteiger partial charge in [0.1, 0.15) is 4.90 Å². The quantitative estimate of drug-likeness (QED) is 0.772. The molecule has 25 heavy (non-hydrogen) atoms. The van der Waals surface area contributed by atoms with Crippen molar-refractivity contribution < 1.29 is 30.4 Å². The van der Waals surface area contributed by atoms with Crippen molar-refractivity contribution in [1.29, 1.82) is 0 Å². The Morgan fingerprint density at radius 2 is 1.84 bits per heavy atom. The Labute approximate surface area is 145 Å². The molecule has 1 amide bonds. The summed E-state index contributed by atoms with van der Waals surface area (Å²) in [6.45, 7) is 1.67. The Bertz CT molecular complexity index is 856. The third-order valence-corrected chi connectivity index (χ3v) is 7.34. The van der Waals surface area contributed by atoms with E-state index in [0.717, 1.165) is 16.4 Å². The Balaban J connectivity index is 2.35. The zero-order valence-electron chi connectivity index (χ0n) is 13.4. The number of sulfonamides is 1. The lowest BCUT2D eigenvalue weighted by atomic mass is 10.2. The van der Waals surface area contributed by atoms with Gasteiger partial charge in [-0.25, -0.2) is 16.8 Å². The molecule has 1 heterocycles. The molecule has 0 aliphatic carbocycles. The standard InChI is InChI=1S/C14H18F2N2O5S2/c1-2-13(19)17-10-7-8-18(9-10)25(22,23)12-6-4-3-5-11(12)24(20,21)14(15)16/h3-6,10,14H,2,7-9H2,1H3,(H,17,19). The van der Waals surface area contributed by atoms with Crippen LogP contribution in [0.4, 0.5) is 8.78 Å². The molecule has 0 spiro atoms. The van der Waals surface area contributed by atoms with Gasteiger partial charge in [0.05, 0.1) is 4.90 Å². The number of nitrogens with one attached hydrogen (secondary N) is 1. The molecule has 0 bridgehead atoms. The van der Waals surface area contributed by atoms with Crippen LogP contribution >= 0.6 is 0 Å². The molecule has 7 nitrogen and oxygen atoms in total. The van der Waals surface area contributed by atoms with Crippen LogP contribution in [0.5, 0.6) is 0 Å². The summed E-state index contributed by atoms with van der Waals surface area (Å²) in [6, 6.07) is 3.89. The fourth-order valence-electron chi connectivity index (χ4n) is 2.53. The van der Waals surface area contributed by atoms with Crippen LogP contribution in [-0.2, 0) is 24.7 Å². The third-order valence-electron chi connectivity index (χ3n) is 3.85. The third kappa shape index (κ3) is 3.98. The van der Waals surface area contributed by atoms with E-state index in [4.69, 9.17) is 0 Å². The van der Waals surface area contributed by atoms with Gasteiger partial charge in [0.25, 0.3) is 0 Å². The van der Waals surface area contributed by atoms with Gasteiger partial charge in [-0.05, 0) is 18.6 Å². The lowest BCUT2D eigenvalue weighted by Crippen LogP contribution is -2.38. The summed E-state index contributed by atoms with van der Waals surface area (Å²) in [6.07, 6.45) is 0.605. The van der Waals surface area contributed by atoms with Crippen LogP contribution in [0.3, 0.4) is 0 Å². The first kappa shape index (κ1) is 19.7. The first-order valence-corrected chi connectivity index (χ1v) is 10.5. The number of alkyl halides is 2. The monoisotopic (exact) mass is 396 g/mol. The fourth-order valence-corrected chi connectivity index (χ4v) is 5.57.